The van der Waals surface area contributed by atoms with E-state index < -0.39 is 0 Å². The van der Waals surface area contributed by atoms with Crippen molar-refractivity contribution in [1.29, 1.82) is 0 Å². The fraction of sp³-hybridized carbons (Fsp3) is 0.500. The number of amides is 2. The van der Waals surface area contributed by atoms with Crippen molar-refractivity contribution in [1.82, 2.24) is 10.2 Å². The number of likely N-dealkylation sites (tertiary alicyclic amines) is 1. The van der Waals surface area contributed by atoms with Gasteiger partial charge < -0.3 is 10.2 Å². The second-order valence-corrected chi connectivity index (χ2v) is 6.98. The third-order valence-corrected chi connectivity index (χ3v) is 5.06. The lowest BCUT2D eigenvalue weighted by molar-refractivity contribution is -0.133. The molecule has 1 saturated heterocycles. The van der Waals surface area contributed by atoms with Crippen LogP contribution >= 0.6 is 23.4 Å². The topological polar surface area (TPSA) is 49.4 Å². The van der Waals surface area contributed by atoms with Crippen LogP contribution in [0.2, 0.25) is 5.02 Å². The van der Waals surface area contributed by atoms with Crippen LogP contribution in [0.5, 0.6) is 0 Å². The van der Waals surface area contributed by atoms with Gasteiger partial charge in [-0.3, -0.25) is 9.59 Å². The summed E-state index contributed by atoms with van der Waals surface area (Å²) in [6.07, 6.45) is 1.52. The van der Waals surface area contributed by atoms with Crippen molar-refractivity contribution in [2.24, 2.45) is 5.92 Å². The van der Waals surface area contributed by atoms with E-state index in [4.69, 9.17) is 11.6 Å². The molecule has 0 spiro atoms. The zero-order valence-electron chi connectivity index (χ0n) is 12.7. The lowest BCUT2D eigenvalue weighted by atomic mass is 9.96. The van der Waals surface area contributed by atoms with E-state index in [1.165, 1.54) is 0 Å². The Morgan fingerprint density at radius 2 is 1.91 bits per heavy atom. The predicted molar refractivity (Wildman–Crippen MR) is 90.2 cm³/mol. The van der Waals surface area contributed by atoms with Gasteiger partial charge in [-0.1, -0.05) is 11.6 Å². The highest BCUT2D eigenvalue weighted by Crippen LogP contribution is 2.20. The Morgan fingerprint density at radius 3 is 2.50 bits per heavy atom. The van der Waals surface area contributed by atoms with Crippen LogP contribution in [0.4, 0.5) is 0 Å². The van der Waals surface area contributed by atoms with Crippen molar-refractivity contribution >= 4 is 35.2 Å². The van der Waals surface area contributed by atoms with E-state index in [0.717, 1.165) is 28.5 Å². The molecular formula is C16H21ClN2O2S. The molecular weight excluding hydrogens is 320 g/mol. The summed E-state index contributed by atoms with van der Waals surface area (Å²) in [7, 11) is 0. The van der Waals surface area contributed by atoms with Crippen LogP contribution < -0.4 is 5.32 Å². The fourth-order valence-corrected chi connectivity index (χ4v) is 3.37. The number of rotatable bonds is 5. The van der Waals surface area contributed by atoms with Gasteiger partial charge in [0, 0.05) is 48.1 Å². The van der Waals surface area contributed by atoms with E-state index in [0.29, 0.717) is 19.6 Å². The number of thioether (sulfide) groups is 1. The predicted octanol–water partition coefficient (Wildman–Crippen LogP) is 2.81. The van der Waals surface area contributed by atoms with Gasteiger partial charge >= 0.3 is 0 Å². The van der Waals surface area contributed by atoms with Crippen molar-refractivity contribution in [3.8, 4) is 0 Å². The van der Waals surface area contributed by atoms with Crippen LogP contribution in [-0.4, -0.2) is 42.1 Å². The molecule has 0 atom stereocenters. The molecule has 0 bridgehead atoms. The summed E-state index contributed by atoms with van der Waals surface area (Å²) in [6, 6.07) is 7.69. The molecule has 120 valence electrons. The average Bonchev–Trinajstić information content (AvgIpc) is 2.53. The quantitative estimate of drug-likeness (QED) is 0.662. The first-order chi connectivity index (χ1) is 10.6. The van der Waals surface area contributed by atoms with Gasteiger partial charge in [-0.05, 0) is 37.1 Å². The summed E-state index contributed by atoms with van der Waals surface area (Å²) in [5.74, 6) is 1.08. The summed E-state index contributed by atoms with van der Waals surface area (Å²) < 4.78 is 0. The van der Waals surface area contributed by atoms with Crippen molar-refractivity contribution in [2.75, 3.05) is 25.4 Å². The third-order valence-electron chi connectivity index (χ3n) is 3.79. The van der Waals surface area contributed by atoms with Crippen molar-refractivity contribution < 1.29 is 9.59 Å². The molecule has 4 nitrogen and oxygen atoms in total. The molecule has 1 aliphatic rings. The third kappa shape index (κ3) is 5.21. The molecule has 0 saturated carbocycles. The van der Waals surface area contributed by atoms with Gasteiger partial charge in [-0.2, -0.15) is 0 Å². The van der Waals surface area contributed by atoms with Crippen LogP contribution in [0.3, 0.4) is 0 Å². The Kier molecular flexibility index (Phi) is 6.58. The smallest absolute Gasteiger partial charge is 0.223 e. The molecule has 1 aromatic rings. The van der Waals surface area contributed by atoms with Crippen LogP contribution in [0.1, 0.15) is 19.8 Å². The molecule has 1 aliphatic heterocycles. The number of benzene rings is 1. The minimum absolute atomic E-state index is 0.0381. The van der Waals surface area contributed by atoms with Gasteiger partial charge in [0.05, 0.1) is 0 Å². The van der Waals surface area contributed by atoms with Crippen LogP contribution in [0, 0.1) is 5.92 Å². The first kappa shape index (κ1) is 17.2. The summed E-state index contributed by atoms with van der Waals surface area (Å²) >= 11 is 7.54. The second kappa shape index (κ2) is 8.44. The molecule has 1 N–H and O–H groups in total. The highest BCUT2D eigenvalue weighted by Gasteiger charge is 2.25. The zero-order chi connectivity index (χ0) is 15.9. The van der Waals surface area contributed by atoms with Gasteiger partial charge in [0.1, 0.15) is 0 Å². The second-order valence-electron chi connectivity index (χ2n) is 5.37. The van der Waals surface area contributed by atoms with E-state index in [9.17, 15) is 9.59 Å². The van der Waals surface area contributed by atoms with Crippen molar-refractivity contribution in [3.63, 3.8) is 0 Å². The lowest BCUT2D eigenvalue weighted by Gasteiger charge is -2.30. The molecule has 0 aliphatic carbocycles. The Labute approximate surface area is 140 Å². The fourth-order valence-electron chi connectivity index (χ4n) is 2.47. The van der Waals surface area contributed by atoms with E-state index in [-0.39, 0.29) is 17.7 Å². The Hall–Kier alpha value is -1.20. The molecule has 2 rings (SSSR count). The number of halogens is 1. The van der Waals surface area contributed by atoms with E-state index in [2.05, 4.69) is 5.32 Å². The minimum atomic E-state index is 0.0381. The van der Waals surface area contributed by atoms with Gasteiger partial charge in [-0.15, -0.1) is 11.8 Å². The lowest BCUT2D eigenvalue weighted by Crippen LogP contribution is -2.42. The number of hydrogen-bond donors (Lipinski definition) is 1. The molecule has 2 amide bonds. The number of piperidine rings is 1. The minimum Gasteiger partial charge on any atom is -0.355 e. The SMILES string of the molecule is CC(=O)N1CCC(C(=O)NCCSc2ccc(Cl)cc2)CC1. The molecule has 6 heteroatoms. The zero-order valence-corrected chi connectivity index (χ0v) is 14.3. The monoisotopic (exact) mass is 340 g/mol. The summed E-state index contributed by atoms with van der Waals surface area (Å²) in [4.78, 5) is 26.3. The van der Waals surface area contributed by atoms with E-state index in [1.807, 2.05) is 24.3 Å². The number of nitrogens with one attached hydrogen (secondary N) is 1. The molecule has 1 aromatic carbocycles. The van der Waals surface area contributed by atoms with Crippen LogP contribution in [-0.2, 0) is 9.59 Å². The Balaban J connectivity index is 1.64. The Morgan fingerprint density at radius 1 is 1.27 bits per heavy atom. The van der Waals surface area contributed by atoms with Crippen LogP contribution in [0.25, 0.3) is 0 Å². The number of hydrogen-bond acceptors (Lipinski definition) is 3. The number of nitrogens with zero attached hydrogens (tertiary/aromatic N) is 1. The Bertz CT molecular complexity index is 513. The average molecular weight is 341 g/mol. The summed E-state index contributed by atoms with van der Waals surface area (Å²) in [5.41, 5.74) is 0. The first-order valence-electron chi connectivity index (χ1n) is 7.48. The van der Waals surface area contributed by atoms with E-state index >= 15 is 0 Å². The van der Waals surface area contributed by atoms with Crippen molar-refractivity contribution in [3.05, 3.63) is 29.3 Å². The van der Waals surface area contributed by atoms with E-state index in [1.54, 1.807) is 23.6 Å². The van der Waals surface area contributed by atoms with Crippen LogP contribution in [0.15, 0.2) is 29.2 Å². The largest absolute Gasteiger partial charge is 0.355 e. The maximum absolute atomic E-state index is 12.1. The molecule has 0 radical (unpaired) electrons. The summed E-state index contributed by atoms with van der Waals surface area (Å²) in [5, 5.41) is 3.72. The standard InChI is InChI=1S/C16H21ClN2O2S/c1-12(20)19-9-6-13(7-10-19)16(21)18-8-11-22-15-4-2-14(17)3-5-15/h2-5,13H,6-11H2,1H3,(H,18,21). The van der Waals surface area contributed by atoms with Gasteiger partial charge in [0.25, 0.3) is 0 Å². The maximum Gasteiger partial charge on any atom is 0.223 e. The highest BCUT2D eigenvalue weighted by molar-refractivity contribution is 7.99. The first-order valence-corrected chi connectivity index (χ1v) is 8.84. The maximum atomic E-state index is 12.1. The van der Waals surface area contributed by atoms with Crippen molar-refractivity contribution in [2.45, 2.75) is 24.7 Å². The van der Waals surface area contributed by atoms with Gasteiger partial charge in [-0.25, -0.2) is 0 Å². The molecule has 0 unspecified atom stereocenters. The molecule has 1 fully saturated rings. The highest BCUT2D eigenvalue weighted by atomic mass is 35.5. The summed E-state index contributed by atoms with van der Waals surface area (Å²) in [6.45, 7) is 3.60. The molecule has 22 heavy (non-hydrogen) atoms. The molecule has 1 heterocycles. The number of carbonyl (C=O) groups is 2. The molecule has 0 aromatic heterocycles. The normalized spacial score (nSPS) is 15.6. The van der Waals surface area contributed by atoms with Gasteiger partial charge in [0.15, 0.2) is 0 Å². The van der Waals surface area contributed by atoms with Gasteiger partial charge in [0.2, 0.25) is 11.8 Å². The number of carbonyl (C=O) groups excluding carboxylic acids is 2.